The van der Waals surface area contributed by atoms with Gasteiger partial charge in [0.25, 0.3) is 5.91 Å². The minimum Gasteiger partial charge on any atom is -0.466 e. The minimum absolute atomic E-state index is 0.0187. The van der Waals surface area contributed by atoms with Crippen molar-refractivity contribution in [3.05, 3.63) is 35.3 Å². The number of amides is 2. The summed E-state index contributed by atoms with van der Waals surface area (Å²) in [6.07, 6.45) is 0.0337. The number of hydrogen-bond acceptors (Lipinski definition) is 8. The molecule has 2 heterocycles. The number of para-hydroxylation sites is 1. The van der Waals surface area contributed by atoms with E-state index in [0.29, 0.717) is 25.2 Å². The highest BCUT2D eigenvalue weighted by Crippen LogP contribution is 2.34. The monoisotopic (exact) mass is 478 g/mol. The fraction of sp³-hybridized carbons (Fsp3) is 0.522. The normalized spacial score (nSPS) is 18.4. The molecule has 0 radical (unpaired) electrons. The largest absolute Gasteiger partial charge is 0.466 e. The van der Waals surface area contributed by atoms with Gasteiger partial charge in [0, 0.05) is 19.6 Å². The molecule has 0 bridgehead atoms. The lowest BCUT2D eigenvalue weighted by Gasteiger charge is -2.24. The Morgan fingerprint density at radius 2 is 2.03 bits per heavy atom. The molecule has 1 aromatic rings. The smallest absolute Gasteiger partial charge is 0.407 e. The topological polar surface area (TPSA) is 120 Å². The third-order valence-electron chi connectivity index (χ3n) is 5.43. The summed E-state index contributed by atoms with van der Waals surface area (Å²) in [6.45, 7) is 5.87. The summed E-state index contributed by atoms with van der Waals surface area (Å²) < 4.78 is 25.1. The number of anilines is 2. The zero-order valence-electron chi connectivity index (χ0n) is 19.8. The Balaban J connectivity index is 1.82. The second-order valence-corrected chi connectivity index (χ2v) is 9.13. The van der Waals surface area contributed by atoms with Crippen LogP contribution in [0.5, 0.6) is 0 Å². The average molecular weight is 479 g/mol. The van der Waals surface area contributed by atoms with Crippen LogP contribution in [0.1, 0.15) is 27.2 Å². The van der Waals surface area contributed by atoms with E-state index in [4.69, 9.17) is 9.47 Å². The number of β-amino-alcohol motifs (C(OH)–C–C–N with tert-alkyl or cyclic N) is 1. The predicted octanol–water partition coefficient (Wildman–Crippen LogP) is 1.60. The first kappa shape index (κ1) is 25.3. The van der Waals surface area contributed by atoms with Crippen molar-refractivity contribution in [3.8, 4) is 0 Å². The molecule has 3 rings (SSSR count). The number of rotatable bonds is 7. The molecule has 11 heteroatoms. The average Bonchev–Trinajstić information content (AvgIpc) is 3.32. The Morgan fingerprint density at radius 3 is 2.68 bits per heavy atom. The van der Waals surface area contributed by atoms with E-state index in [1.165, 1.54) is 24.1 Å². The highest BCUT2D eigenvalue weighted by molar-refractivity contribution is 6.09. The summed E-state index contributed by atoms with van der Waals surface area (Å²) in [5.74, 6) is -1.69. The van der Waals surface area contributed by atoms with Crippen LogP contribution in [0.15, 0.2) is 29.5 Å². The highest BCUT2D eigenvalue weighted by atomic mass is 19.1. The first-order chi connectivity index (χ1) is 16.0. The van der Waals surface area contributed by atoms with Crippen molar-refractivity contribution in [2.24, 2.45) is 0 Å². The van der Waals surface area contributed by atoms with Crippen LogP contribution in [-0.2, 0) is 19.1 Å². The summed E-state index contributed by atoms with van der Waals surface area (Å²) in [6, 6.07) is 4.16. The minimum atomic E-state index is -0.683. The van der Waals surface area contributed by atoms with Crippen LogP contribution < -0.4 is 15.5 Å². The van der Waals surface area contributed by atoms with Gasteiger partial charge in [0.1, 0.15) is 17.1 Å². The van der Waals surface area contributed by atoms with E-state index in [0.717, 1.165) is 0 Å². The summed E-state index contributed by atoms with van der Waals surface area (Å²) >= 11 is 0. The molecule has 1 fully saturated rings. The molecular weight excluding hydrogens is 447 g/mol. The van der Waals surface area contributed by atoms with E-state index in [1.807, 2.05) is 0 Å². The van der Waals surface area contributed by atoms with Gasteiger partial charge >= 0.3 is 12.1 Å². The second-order valence-electron chi connectivity index (χ2n) is 9.13. The standard InChI is InChI=1S/C23H31FN4O6/c1-23(2,3)34-22(32)25-14-8-9-27(12-14)19-16(24)6-5-7-17(19)26-18-15(21(31)33-4)13-28(10-11-29)20(18)30/h5-7,14,26,29H,8-13H2,1-4H3,(H,25,32). The zero-order chi connectivity index (χ0) is 25.0. The van der Waals surface area contributed by atoms with Crippen molar-refractivity contribution >= 4 is 29.3 Å². The van der Waals surface area contributed by atoms with Crippen molar-refractivity contribution < 1.29 is 33.4 Å². The number of carbonyl (C=O) groups excluding carboxylic acids is 3. The fourth-order valence-electron chi connectivity index (χ4n) is 3.98. The number of hydrogen-bond donors (Lipinski definition) is 3. The molecule has 2 aliphatic rings. The van der Waals surface area contributed by atoms with Crippen LogP contribution in [0.25, 0.3) is 0 Å². The number of carbonyl (C=O) groups is 3. The van der Waals surface area contributed by atoms with Gasteiger partial charge < -0.3 is 35.0 Å². The number of aliphatic hydroxyl groups is 1. The van der Waals surface area contributed by atoms with Crippen LogP contribution in [0, 0.1) is 5.82 Å². The molecule has 186 valence electrons. The predicted molar refractivity (Wildman–Crippen MR) is 123 cm³/mol. The van der Waals surface area contributed by atoms with Gasteiger partial charge in [-0.25, -0.2) is 14.0 Å². The first-order valence-corrected chi connectivity index (χ1v) is 11.1. The van der Waals surface area contributed by atoms with E-state index in [2.05, 4.69) is 10.6 Å². The molecular formula is C23H31FN4O6. The second kappa shape index (κ2) is 10.3. The maximum Gasteiger partial charge on any atom is 0.407 e. The lowest BCUT2D eigenvalue weighted by molar-refractivity contribution is -0.136. The molecule has 1 atom stereocenters. The van der Waals surface area contributed by atoms with Crippen LogP contribution in [0.2, 0.25) is 0 Å². The van der Waals surface area contributed by atoms with Crippen molar-refractivity contribution in [2.45, 2.75) is 38.8 Å². The molecule has 10 nitrogen and oxygen atoms in total. The van der Waals surface area contributed by atoms with Gasteiger partial charge in [0.05, 0.1) is 43.3 Å². The Bertz CT molecular complexity index is 990. The zero-order valence-corrected chi connectivity index (χ0v) is 19.8. The van der Waals surface area contributed by atoms with E-state index in [-0.39, 0.29) is 42.7 Å². The summed E-state index contributed by atoms with van der Waals surface area (Å²) in [5, 5.41) is 15.0. The number of halogens is 1. The Kier molecular flexibility index (Phi) is 7.65. The van der Waals surface area contributed by atoms with Crippen molar-refractivity contribution in [1.29, 1.82) is 0 Å². The van der Waals surface area contributed by atoms with E-state index >= 15 is 0 Å². The number of esters is 1. The Labute approximate surface area is 197 Å². The van der Waals surface area contributed by atoms with Gasteiger partial charge in [-0.2, -0.15) is 0 Å². The number of nitrogens with one attached hydrogen (secondary N) is 2. The lowest BCUT2D eigenvalue weighted by atomic mass is 10.2. The molecule has 2 amide bonds. The maximum atomic E-state index is 15.0. The molecule has 0 spiro atoms. The summed E-state index contributed by atoms with van der Waals surface area (Å²) in [7, 11) is 1.21. The molecule has 1 unspecified atom stereocenters. The molecule has 0 aliphatic carbocycles. The van der Waals surface area contributed by atoms with Crippen LogP contribution in [-0.4, -0.2) is 79.5 Å². The Hall–Kier alpha value is -3.34. The number of methoxy groups -OCH3 is 1. The van der Waals surface area contributed by atoms with E-state index in [1.54, 1.807) is 31.7 Å². The van der Waals surface area contributed by atoms with Gasteiger partial charge in [0.2, 0.25) is 0 Å². The van der Waals surface area contributed by atoms with E-state index in [9.17, 15) is 23.9 Å². The van der Waals surface area contributed by atoms with Gasteiger partial charge in [-0.1, -0.05) is 6.07 Å². The highest BCUT2D eigenvalue weighted by Gasteiger charge is 2.36. The van der Waals surface area contributed by atoms with Gasteiger partial charge in [0.15, 0.2) is 0 Å². The van der Waals surface area contributed by atoms with Crippen molar-refractivity contribution in [2.75, 3.05) is 50.1 Å². The van der Waals surface area contributed by atoms with Gasteiger partial charge in [-0.15, -0.1) is 0 Å². The number of ether oxygens (including phenoxy) is 2. The van der Waals surface area contributed by atoms with Gasteiger partial charge in [-0.3, -0.25) is 4.79 Å². The van der Waals surface area contributed by atoms with Crippen molar-refractivity contribution in [1.82, 2.24) is 10.2 Å². The van der Waals surface area contributed by atoms with E-state index < -0.39 is 29.4 Å². The van der Waals surface area contributed by atoms with Crippen molar-refractivity contribution in [3.63, 3.8) is 0 Å². The molecule has 2 aliphatic heterocycles. The lowest BCUT2D eigenvalue weighted by Crippen LogP contribution is -2.40. The van der Waals surface area contributed by atoms with Gasteiger partial charge in [-0.05, 0) is 39.3 Å². The number of alkyl carbamates (subject to hydrolysis) is 1. The first-order valence-electron chi connectivity index (χ1n) is 11.1. The SMILES string of the molecule is COC(=O)C1=C(Nc2cccc(F)c2N2CCC(NC(=O)OC(C)(C)C)C2)C(=O)N(CCO)C1. The van der Waals surface area contributed by atoms with Crippen LogP contribution in [0.4, 0.5) is 20.6 Å². The summed E-state index contributed by atoms with van der Waals surface area (Å²) in [4.78, 5) is 40.3. The fourth-order valence-corrected chi connectivity index (χ4v) is 3.98. The molecule has 0 saturated carbocycles. The third kappa shape index (κ3) is 5.77. The number of benzene rings is 1. The maximum absolute atomic E-state index is 15.0. The number of aliphatic hydroxyl groups excluding tert-OH is 1. The number of nitrogens with zero attached hydrogens (tertiary/aromatic N) is 2. The Morgan fingerprint density at radius 1 is 1.29 bits per heavy atom. The molecule has 34 heavy (non-hydrogen) atoms. The molecule has 1 aromatic carbocycles. The summed E-state index contributed by atoms with van der Waals surface area (Å²) in [5.41, 5.74) is -0.0279. The quantitative estimate of drug-likeness (QED) is 0.506. The van der Waals surface area contributed by atoms with Crippen LogP contribution in [0.3, 0.4) is 0 Å². The molecule has 0 aromatic heterocycles. The molecule has 3 N–H and O–H groups in total. The molecule has 1 saturated heterocycles. The third-order valence-corrected chi connectivity index (χ3v) is 5.43. The van der Waals surface area contributed by atoms with Crippen LogP contribution >= 0.6 is 0 Å².